The van der Waals surface area contributed by atoms with E-state index in [1.54, 1.807) is 0 Å². The van der Waals surface area contributed by atoms with Crippen molar-refractivity contribution < 1.29 is 25.3 Å². The van der Waals surface area contributed by atoms with Gasteiger partial charge in [-0.25, -0.2) is 25.3 Å². The Hall–Kier alpha value is -1.88. The van der Waals surface area contributed by atoms with Crippen molar-refractivity contribution in [2.45, 2.75) is 78.2 Å². The summed E-state index contributed by atoms with van der Waals surface area (Å²) in [6.07, 6.45) is 8.43. The first kappa shape index (κ1) is 33.6. The van der Waals surface area contributed by atoms with Gasteiger partial charge >= 0.3 is 0 Å². The van der Waals surface area contributed by atoms with Crippen LogP contribution in [0.1, 0.15) is 72.1 Å². The van der Waals surface area contributed by atoms with Gasteiger partial charge < -0.3 is 14.7 Å². The Kier molecular flexibility index (Phi) is 10.8. The normalized spacial score (nSPS) is 29.9. The van der Waals surface area contributed by atoms with Crippen molar-refractivity contribution in [3.63, 3.8) is 0 Å². The van der Waals surface area contributed by atoms with E-state index < -0.39 is 30.1 Å². The Balaban J connectivity index is 0.000000172. The number of aliphatic imine (C=N–C) groups is 1. The highest BCUT2D eigenvalue weighted by atomic mass is 32.2. The molecule has 17 heteroatoms. The molecule has 1 aliphatic carbocycles. The first-order valence-corrected chi connectivity index (χ1v) is 19.2. The number of hydrogen-bond donors (Lipinski definition) is 1. The predicted octanol–water partition coefficient (Wildman–Crippen LogP) is 0.791. The van der Waals surface area contributed by atoms with Crippen LogP contribution in [0.15, 0.2) is 13.8 Å². The molecule has 13 nitrogen and oxygen atoms in total. The maximum Gasteiger partial charge on any atom is 0.258 e. The zero-order valence-electron chi connectivity index (χ0n) is 24.3. The Morgan fingerprint density at radius 1 is 0.902 bits per heavy atom. The third-order valence-electron chi connectivity index (χ3n) is 8.42. The van der Waals surface area contributed by atoms with Crippen molar-refractivity contribution in [3.8, 4) is 0 Å². The summed E-state index contributed by atoms with van der Waals surface area (Å²) in [4.78, 5) is 10.2. The molecule has 41 heavy (non-hydrogen) atoms. The van der Waals surface area contributed by atoms with Crippen molar-refractivity contribution in [2.75, 3.05) is 50.1 Å². The molecular weight excluding hydrogens is 589 g/mol. The smallest absolute Gasteiger partial charge is 0.258 e. The minimum atomic E-state index is -3.19. The van der Waals surface area contributed by atoms with Crippen LogP contribution in [-0.4, -0.2) is 122 Å². The summed E-state index contributed by atoms with van der Waals surface area (Å²) in [5, 5.41) is 0. The number of guanidine groups is 1. The maximum atomic E-state index is 11.6. The number of hydrogen-bond acceptors (Lipinski definition) is 10. The molecule has 0 amide bonds. The molecule has 2 bridgehead atoms. The minimum Gasteiger partial charge on any atom is -0.355 e. The van der Waals surface area contributed by atoms with Crippen molar-refractivity contribution in [2.24, 2.45) is 19.2 Å². The fraction of sp³-hybridized carbons (Fsp3) is 0.875. The topological polar surface area (TPSA) is 161 Å². The molecule has 3 saturated heterocycles. The van der Waals surface area contributed by atoms with Gasteiger partial charge in [-0.15, -0.1) is 8.80 Å². The van der Waals surface area contributed by atoms with E-state index in [2.05, 4.69) is 35.2 Å². The Bertz CT molecular complexity index is 1360. The van der Waals surface area contributed by atoms with Gasteiger partial charge in [0.15, 0.2) is 5.88 Å². The summed E-state index contributed by atoms with van der Waals surface area (Å²) in [7, 11) is -9.44. The molecular formula is C24H43BN7O6S3. The fourth-order valence-electron chi connectivity index (χ4n) is 6.16. The van der Waals surface area contributed by atoms with Crippen LogP contribution in [0.2, 0.25) is 0 Å². The van der Waals surface area contributed by atoms with Crippen LogP contribution in [0, 0.1) is 5.41 Å². The Morgan fingerprint density at radius 3 is 2.15 bits per heavy atom. The van der Waals surface area contributed by atoms with E-state index in [4.69, 9.17) is 0 Å². The van der Waals surface area contributed by atoms with Crippen molar-refractivity contribution in [3.05, 3.63) is 0 Å². The maximum absolute atomic E-state index is 11.6. The Morgan fingerprint density at radius 2 is 1.56 bits per heavy atom. The average molecular weight is 633 g/mol. The fourth-order valence-corrected chi connectivity index (χ4v) is 9.18. The van der Waals surface area contributed by atoms with E-state index in [1.165, 1.54) is 12.8 Å². The van der Waals surface area contributed by atoms with Crippen molar-refractivity contribution in [1.29, 1.82) is 0 Å². The number of piperidine rings is 2. The lowest BCUT2D eigenvalue weighted by Crippen LogP contribution is -2.60. The molecule has 7 rings (SSSR count). The first-order valence-electron chi connectivity index (χ1n) is 14.3. The molecule has 0 aromatic heterocycles. The minimum absolute atomic E-state index is 0. The van der Waals surface area contributed by atoms with Gasteiger partial charge in [0.2, 0.25) is 5.96 Å². The van der Waals surface area contributed by atoms with E-state index in [0.717, 1.165) is 64.0 Å². The lowest BCUT2D eigenvalue weighted by atomic mass is 9.65. The van der Waals surface area contributed by atoms with Crippen molar-refractivity contribution >= 4 is 56.1 Å². The van der Waals surface area contributed by atoms with Gasteiger partial charge in [0.25, 0.3) is 30.1 Å². The van der Waals surface area contributed by atoms with Crippen LogP contribution in [0.3, 0.4) is 0 Å². The second-order valence-corrected chi connectivity index (χ2v) is 16.3. The lowest BCUT2D eigenvalue weighted by Gasteiger charge is -2.55. The molecule has 3 radical (unpaired) electrons. The quantitative estimate of drug-likeness (QED) is 0.442. The third-order valence-corrected chi connectivity index (χ3v) is 11.7. The largest absolute Gasteiger partial charge is 0.355 e. The number of fused-ring (bicyclic) bond motifs is 3. The first-order chi connectivity index (χ1) is 18.8. The van der Waals surface area contributed by atoms with Gasteiger partial charge in [0.1, 0.15) is 11.7 Å². The van der Waals surface area contributed by atoms with E-state index in [-0.39, 0.29) is 31.2 Å². The highest BCUT2D eigenvalue weighted by molar-refractivity contribution is 7.90. The van der Waals surface area contributed by atoms with E-state index in [9.17, 15) is 25.3 Å². The van der Waals surface area contributed by atoms with Crippen LogP contribution in [0.25, 0.3) is 0 Å². The zero-order chi connectivity index (χ0) is 29.2. The molecule has 4 fully saturated rings. The van der Waals surface area contributed by atoms with Crippen LogP contribution < -0.4 is 4.72 Å². The Labute approximate surface area is 247 Å². The van der Waals surface area contributed by atoms with Gasteiger partial charge in [0.05, 0.1) is 11.5 Å². The number of nitrogens with one attached hydrogen (secondary N) is 1. The standard InChI is InChI=1S/C11H18N2O2S.C8H15N3O2S.C5H10N2O2S.B/c1-2-11-5-3-9(4-6-11)13-7-8-16(14,15)12-10(11)13;1-2-10-4-3-5-11-6-7-14(12,13)9-8(10)11;1-2-3-5-6-4-10(8,9)7-5;/h9H,2-8H2,1H3;2-7H2,1H3;2-4H2,1H3,(H,6,7);. The van der Waals surface area contributed by atoms with Crippen LogP contribution in [-0.2, 0) is 30.1 Å². The molecule has 1 saturated carbocycles. The van der Waals surface area contributed by atoms with Crippen LogP contribution >= 0.6 is 0 Å². The molecule has 0 aromatic carbocycles. The lowest BCUT2D eigenvalue weighted by molar-refractivity contribution is 0.104. The van der Waals surface area contributed by atoms with Crippen LogP contribution in [0.4, 0.5) is 0 Å². The van der Waals surface area contributed by atoms with Gasteiger partial charge in [-0.05, 0) is 51.9 Å². The highest BCUT2D eigenvalue weighted by Crippen LogP contribution is 2.49. The summed E-state index contributed by atoms with van der Waals surface area (Å²) >= 11 is 0. The van der Waals surface area contributed by atoms with E-state index >= 15 is 0 Å². The van der Waals surface area contributed by atoms with Gasteiger partial charge in [-0.2, -0.15) is 0 Å². The van der Waals surface area contributed by atoms with Gasteiger partial charge in [-0.3, -0.25) is 9.71 Å². The van der Waals surface area contributed by atoms with E-state index in [0.29, 0.717) is 30.9 Å². The molecule has 7 aliphatic rings. The highest BCUT2D eigenvalue weighted by Gasteiger charge is 2.50. The molecule has 6 heterocycles. The number of nitrogens with zero attached hydrogens (tertiary/aromatic N) is 6. The summed E-state index contributed by atoms with van der Waals surface area (Å²) in [6.45, 7) is 10.1. The second kappa shape index (κ2) is 13.2. The molecule has 6 aliphatic heterocycles. The number of sulfonamides is 3. The van der Waals surface area contributed by atoms with Gasteiger partial charge in [0, 0.05) is 59.0 Å². The summed E-state index contributed by atoms with van der Waals surface area (Å²) in [6, 6.07) is 0.558. The molecule has 231 valence electrons. The number of amidine groups is 2. The van der Waals surface area contributed by atoms with E-state index in [1.807, 2.05) is 18.7 Å². The molecule has 0 unspecified atom stereocenters. The van der Waals surface area contributed by atoms with Gasteiger partial charge in [-0.1, -0.05) is 13.8 Å². The molecule has 0 spiro atoms. The summed E-state index contributed by atoms with van der Waals surface area (Å²) < 4.78 is 77.5. The molecule has 0 aromatic rings. The monoisotopic (exact) mass is 632 g/mol. The second-order valence-electron chi connectivity index (χ2n) is 11.1. The molecule has 1 N–H and O–H groups in total. The molecule has 0 atom stereocenters. The number of rotatable bonds is 4. The predicted molar refractivity (Wildman–Crippen MR) is 163 cm³/mol. The van der Waals surface area contributed by atoms with Crippen molar-refractivity contribution in [1.82, 2.24) is 19.4 Å². The van der Waals surface area contributed by atoms with Crippen LogP contribution in [0.5, 0.6) is 0 Å². The summed E-state index contributed by atoms with van der Waals surface area (Å²) in [5.41, 5.74) is 0.0717. The third kappa shape index (κ3) is 7.95. The summed E-state index contributed by atoms with van der Waals surface area (Å²) in [5.74, 6) is 2.42. The SMILES string of the molecule is CCC12CCC(CC1)N1CCS(=O)(=O)N=C12.CCCC1=NCS(=O)(=O)N1.CCN1CCCN2CCS(=O)(=O)N=C12.[B]. The zero-order valence-corrected chi connectivity index (χ0v) is 26.8. The average Bonchev–Trinajstić information content (AvgIpc) is 3.27.